The van der Waals surface area contributed by atoms with Crippen molar-refractivity contribution in [3.63, 3.8) is 0 Å². The van der Waals surface area contributed by atoms with E-state index in [9.17, 15) is 9.59 Å². The number of benzene rings is 3. The SMILES string of the molecule is CCOC(=O)C1=C(C)N=c2s/c(=C\c3cn(Cc4ccccc4Cl)c4ccccc34)c(=O)n2C1c1ccc(C(C)C)cc1. The largest absolute Gasteiger partial charge is 0.463 e. The standard InChI is InChI=1S/C35H32ClN3O3S/c1-5-42-34(41)31-22(4)37-35-39(32(31)24-16-14-23(15-17-24)21(2)3)33(40)30(43-35)18-26-20-38(29-13-9-7-11-27(26)29)19-25-10-6-8-12-28(25)36/h6-18,20-21,32H,5,19H2,1-4H3/b30-18-. The van der Waals surface area contributed by atoms with Gasteiger partial charge in [0, 0.05) is 34.2 Å². The fourth-order valence-electron chi connectivity index (χ4n) is 5.64. The summed E-state index contributed by atoms with van der Waals surface area (Å²) in [4.78, 5) is 32.7. The topological polar surface area (TPSA) is 65.6 Å². The average Bonchev–Trinajstić information content (AvgIpc) is 3.50. The molecule has 3 heterocycles. The van der Waals surface area contributed by atoms with Crippen LogP contribution >= 0.6 is 22.9 Å². The molecule has 0 spiro atoms. The molecule has 0 fully saturated rings. The molecule has 8 heteroatoms. The van der Waals surface area contributed by atoms with E-state index in [-0.39, 0.29) is 12.2 Å². The van der Waals surface area contributed by atoms with Crippen molar-refractivity contribution < 1.29 is 9.53 Å². The molecule has 1 atom stereocenters. The maximum atomic E-state index is 14.2. The molecule has 0 amide bonds. The molecule has 0 bridgehead atoms. The van der Waals surface area contributed by atoms with Gasteiger partial charge < -0.3 is 9.30 Å². The summed E-state index contributed by atoms with van der Waals surface area (Å²) in [6, 6.07) is 23.4. The Bertz CT molecular complexity index is 2070. The molecule has 0 saturated heterocycles. The third-order valence-corrected chi connectivity index (χ3v) is 9.19. The first-order chi connectivity index (χ1) is 20.8. The molecule has 3 aromatic carbocycles. The number of esters is 1. The molecular formula is C35H32ClN3O3S. The number of halogens is 1. The van der Waals surface area contributed by atoms with Gasteiger partial charge in [-0.1, -0.05) is 97.4 Å². The molecule has 0 radical (unpaired) electrons. The van der Waals surface area contributed by atoms with Crippen LogP contribution < -0.4 is 14.9 Å². The summed E-state index contributed by atoms with van der Waals surface area (Å²) in [7, 11) is 0. The molecule has 1 unspecified atom stereocenters. The van der Waals surface area contributed by atoms with E-state index in [0.717, 1.165) is 27.6 Å². The zero-order chi connectivity index (χ0) is 30.2. The minimum Gasteiger partial charge on any atom is -0.463 e. The first-order valence-electron chi connectivity index (χ1n) is 14.4. The van der Waals surface area contributed by atoms with Crippen molar-refractivity contribution >= 4 is 45.9 Å². The van der Waals surface area contributed by atoms with Gasteiger partial charge in [-0.15, -0.1) is 0 Å². The summed E-state index contributed by atoms with van der Waals surface area (Å²) >= 11 is 7.81. The minimum atomic E-state index is -0.639. The normalized spacial score (nSPS) is 15.2. The molecular weight excluding hydrogens is 578 g/mol. The third kappa shape index (κ3) is 5.39. The van der Waals surface area contributed by atoms with E-state index in [1.165, 1.54) is 16.9 Å². The first-order valence-corrected chi connectivity index (χ1v) is 15.6. The number of aromatic nitrogens is 2. The van der Waals surface area contributed by atoms with Gasteiger partial charge in [0.25, 0.3) is 5.56 Å². The van der Waals surface area contributed by atoms with Crippen molar-refractivity contribution in [3.8, 4) is 0 Å². The maximum Gasteiger partial charge on any atom is 0.338 e. The highest BCUT2D eigenvalue weighted by Gasteiger charge is 2.33. The Morgan fingerprint density at radius 3 is 2.51 bits per heavy atom. The summed E-state index contributed by atoms with van der Waals surface area (Å²) in [6.07, 6.45) is 3.99. The van der Waals surface area contributed by atoms with Gasteiger partial charge in [0.2, 0.25) is 0 Å². The maximum absolute atomic E-state index is 14.2. The van der Waals surface area contributed by atoms with Crippen LogP contribution in [-0.4, -0.2) is 21.7 Å². The first kappa shape index (κ1) is 28.9. The van der Waals surface area contributed by atoms with Crippen LogP contribution in [0.25, 0.3) is 17.0 Å². The number of fused-ring (bicyclic) bond motifs is 2. The van der Waals surface area contributed by atoms with Crippen LogP contribution in [-0.2, 0) is 16.1 Å². The van der Waals surface area contributed by atoms with Crippen molar-refractivity contribution in [3.05, 3.63) is 137 Å². The lowest BCUT2D eigenvalue weighted by molar-refractivity contribution is -0.139. The number of nitrogens with zero attached hydrogens (tertiary/aromatic N) is 3. The molecule has 6 nitrogen and oxygen atoms in total. The third-order valence-electron chi connectivity index (χ3n) is 7.84. The second kappa shape index (κ2) is 11.8. The van der Waals surface area contributed by atoms with Crippen LogP contribution in [0, 0.1) is 0 Å². The van der Waals surface area contributed by atoms with Crippen molar-refractivity contribution in [2.24, 2.45) is 4.99 Å². The van der Waals surface area contributed by atoms with E-state index >= 15 is 0 Å². The van der Waals surface area contributed by atoms with Crippen LogP contribution in [0.4, 0.5) is 0 Å². The number of thiazole rings is 1. The van der Waals surface area contributed by atoms with Crippen LogP contribution in [0.15, 0.2) is 100 Å². The smallest absolute Gasteiger partial charge is 0.338 e. The number of carbonyl (C=O) groups is 1. The van der Waals surface area contributed by atoms with Crippen LogP contribution in [0.2, 0.25) is 5.02 Å². The van der Waals surface area contributed by atoms with E-state index in [1.54, 1.807) is 18.4 Å². The van der Waals surface area contributed by atoms with Crippen molar-refractivity contribution in [1.29, 1.82) is 0 Å². The summed E-state index contributed by atoms with van der Waals surface area (Å²) in [5.41, 5.74) is 5.75. The van der Waals surface area contributed by atoms with Crippen LogP contribution in [0.1, 0.15) is 61.9 Å². The molecule has 0 saturated carbocycles. The van der Waals surface area contributed by atoms with Crippen LogP contribution in [0.3, 0.4) is 0 Å². The van der Waals surface area contributed by atoms with Gasteiger partial charge in [0.1, 0.15) is 0 Å². The Hall–Kier alpha value is -4.20. The van der Waals surface area contributed by atoms with Gasteiger partial charge in [0.05, 0.1) is 28.5 Å². The zero-order valence-corrected chi connectivity index (χ0v) is 26.1. The average molecular weight is 610 g/mol. The quantitative estimate of drug-likeness (QED) is 0.196. The number of rotatable bonds is 7. The second-order valence-corrected chi connectivity index (χ2v) is 12.4. The number of hydrogen-bond donors (Lipinski definition) is 0. The Balaban J connectivity index is 1.51. The van der Waals surface area contributed by atoms with Gasteiger partial charge in [-0.2, -0.15) is 0 Å². The lowest BCUT2D eigenvalue weighted by atomic mass is 9.93. The molecule has 0 aliphatic carbocycles. The summed E-state index contributed by atoms with van der Waals surface area (Å²) in [6.45, 7) is 8.69. The Labute approximate surface area is 258 Å². The predicted octanol–water partition coefficient (Wildman–Crippen LogP) is 6.58. The highest BCUT2D eigenvalue weighted by Crippen LogP contribution is 2.32. The summed E-state index contributed by atoms with van der Waals surface area (Å²) in [5, 5.41) is 1.74. The van der Waals surface area contributed by atoms with E-state index in [1.807, 2.05) is 54.6 Å². The highest BCUT2D eigenvalue weighted by atomic mass is 35.5. The second-order valence-electron chi connectivity index (χ2n) is 10.9. The number of carbonyl (C=O) groups excluding carboxylic acids is 1. The number of ether oxygens (including phenoxy) is 1. The molecule has 2 aromatic heterocycles. The molecule has 5 aromatic rings. The Kier molecular flexibility index (Phi) is 7.95. The van der Waals surface area contributed by atoms with Gasteiger partial charge in [0.15, 0.2) is 4.80 Å². The molecule has 1 aliphatic heterocycles. The monoisotopic (exact) mass is 609 g/mol. The Morgan fingerprint density at radius 2 is 1.79 bits per heavy atom. The van der Waals surface area contributed by atoms with Crippen molar-refractivity contribution in [2.45, 2.75) is 46.2 Å². The highest BCUT2D eigenvalue weighted by molar-refractivity contribution is 7.07. The molecule has 218 valence electrons. The van der Waals surface area contributed by atoms with E-state index < -0.39 is 12.0 Å². The van der Waals surface area contributed by atoms with Crippen molar-refractivity contribution in [2.75, 3.05) is 6.61 Å². The lowest BCUT2D eigenvalue weighted by Gasteiger charge is -2.25. The Morgan fingerprint density at radius 1 is 1.07 bits per heavy atom. The minimum absolute atomic E-state index is 0.195. The molecule has 43 heavy (non-hydrogen) atoms. The van der Waals surface area contributed by atoms with Gasteiger partial charge in [-0.25, -0.2) is 9.79 Å². The summed E-state index contributed by atoms with van der Waals surface area (Å²) < 4.78 is 9.78. The fraction of sp³-hybridized carbons (Fsp3) is 0.229. The lowest BCUT2D eigenvalue weighted by Crippen LogP contribution is -2.39. The van der Waals surface area contributed by atoms with Crippen molar-refractivity contribution in [1.82, 2.24) is 9.13 Å². The fourth-order valence-corrected chi connectivity index (χ4v) is 6.88. The number of hydrogen-bond acceptors (Lipinski definition) is 5. The molecule has 1 aliphatic rings. The zero-order valence-electron chi connectivity index (χ0n) is 24.5. The molecule has 6 rings (SSSR count). The predicted molar refractivity (Wildman–Crippen MR) is 173 cm³/mol. The number of allylic oxidation sites excluding steroid dienone is 1. The number of para-hydroxylation sites is 1. The van der Waals surface area contributed by atoms with E-state index in [0.29, 0.717) is 38.1 Å². The van der Waals surface area contributed by atoms with Gasteiger partial charge in [-0.05, 0) is 54.7 Å². The molecule has 0 N–H and O–H groups in total. The summed E-state index contributed by atoms with van der Waals surface area (Å²) in [5.74, 6) is -0.100. The van der Waals surface area contributed by atoms with Crippen LogP contribution in [0.5, 0.6) is 0 Å². The van der Waals surface area contributed by atoms with Gasteiger partial charge >= 0.3 is 5.97 Å². The van der Waals surface area contributed by atoms with E-state index in [2.05, 4.69) is 48.9 Å². The van der Waals surface area contributed by atoms with E-state index in [4.69, 9.17) is 21.3 Å². The van der Waals surface area contributed by atoms with Gasteiger partial charge in [-0.3, -0.25) is 9.36 Å².